The summed E-state index contributed by atoms with van der Waals surface area (Å²) in [6.07, 6.45) is -0.175. The molecule has 0 spiro atoms. The van der Waals surface area contributed by atoms with Crippen molar-refractivity contribution in [1.82, 2.24) is 10.2 Å². The third-order valence-electron chi connectivity index (χ3n) is 2.10. The zero-order valence-electron chi connectivity index (χ0n) is 9.87. The first-order chi connectivity index (χ1) is 9.28. The van der Waals surface area contributed by atoms with E-state index in [2.05, 4.69) is 15.5 Å². The van der Waals surface area contributed by atoms with E-state index >= 15 is 0 Å². The minimum absolute atomic E-state index is 0.175. The molecule has 1 heterocycles. The van der Waals surface area contributed by atoms with Gasteiger partial charge in [-0.05, 0) is 5.56 Å². The topological polar surface area (TPSA) is 78.7 Å². The smallest absolute Gasteiger partial charge is 0.240 e. The fraction of sp³-hybridized carbons (Fsp3) is 0.167. The Hall–Kier alpha value is -1.91. The van der Waals surface area contributed by atoms with E-state index in [1.165, 1.54) is 16.9 Å². The maximum Gasteiger partial charge on any atom is 0.240 e. The summed E-state index contributed by atoms with van der Waals surface area (Å²) in [5, 5.41) is 19.2. The summed E-state index contributed by atoms with van der Waals surface area (Å²) in [7, 11) is 0. The highest BCUT2D eigenvalue weighted by atomic mass is 32.2. The molecule has 7 heteroatoms. The first-order valence-corrected chi connectivity index (χ1v) is 7.25. The van der Waals surface area contributed by atoms with Gasteiger partial charge in [-0.1, -0.05) is 53.4 Å². The molecule has 96 valence electrons. The second-order valence-electron chi connectivity index (χ2n) is 3.53. The molecule has 0 bridgehead atoms. The van der Waals surface area contributed by atoms with Crippen LogP contribution in [0.25, 0.3) is 0 Å². The van der Waals surface area contributed by atoms with Gasteiger partial charge >= 0.3 is 0 Å². The minimum atomic E-state index is -0.363. The molecule has 1 aromatic carbocycles. The number of nitrogens with one attached hydrogen (secondary N) is 1. The molecular weight excluding hydrogens is 280 g/mol. The molecule has 1 aromatic heterocycles. The molecule has 1 N–H and O–H groups in total. The van der Waals surface area contributed by atoms with Crippen LogP contribution in [-0.4, -0.2) is 16.1 Å². The van der Waals surface area contributed by atoms with Crippen LogP contribution >= 0.6 is 23.1 Å². The molecule has 0 saturated carbocycles. The Kier molecular flexibility index (Phi) is 4.89. The number of benzene rings is 1. The molecular formula is C12H10N4OS2. The maximum atomic E-state index is 11.2. The zero-order valence-corrected chi connectivity index (χ0v) is 11.5. The first-order valence-electron chi connectivity index (χ1n) is 5.45. The number of thioether (sulfide) groups is 1. The van der Waals surface area contributed by atoms with E-state index in [4.69, 9.17) is 5.26 Å². The molecule has 0 aliphatic carbocycles. The summed E-state index contributed by atoms with van der Waals surface area (Å²) in [6.45, 7) is 0. The van der Waals surface area contributed by atoms with Crippen molar-refractivity contribution in [2.45, 2.75) is 16.5 Å². The highest BCUT2D eigenvalue weighted by molar-refractivity contribution is 8.00. The van der Waals surface area contributed by atoms with Gasteiger partial charge in [0.05, 0.1) is 6.07 Å². The molecule has 2 aromatic rings. The fourth-order valence-electron chi connectivity index (χ4n) is 1.27. The van der Waals surface area contributed by atoms with Gasteiger partial charge in [0.2, 0.25) is 11.0 Å². The van der Waals surface area contributed by atoms with Crippen molar-refractivity contribution >= 4 is 34.1 Å². The molecule has 0 fully saturated rings. The predicted molar refractivity (Wildman–Crippen MR) is 74.8 cm³/mol. The van der Waals surface area contributed by atoms with Crippen molar-refractivity contribution in [1.29, 1.82) is 5.26 Å². The van der Waals surface area contributed by atoms with Crippen molar-refractivity contribution in [2.75, 3.05) is 5.32 Å². The van der Waals surface area contributed by atoms with Crippen molar-refractivity contribution in [2.24, 2.45) is 0 Å². The summed E-state index contributed by atoms with van der Waals surface area (Å²) < 4.78 is 0.788. The van der Waals surface area contributed by atoms with Crippen LogP contribution < -0.4 is 5.32 Å². The third-order valence-corrected chi connectivity index (χ3v) is 4.14. The molecule has 19 heavy (non-hydrogen) atoms. The Morgan fingerprint density at radius 3 is 2.89 bits per heavy atom. The Labute approximate surface area is 118 Å². The number of carbonyl (C=O) groups excluding carboxylic acids is 1. The van der Waals surface area contributed by atoms with E-state index in [0.29, 0.717) is 5.13 Å². The second-order valence-corrected chi connectivity index (χ2v) is 5.73. The average molecular weight is 290 g/mol. The standard InChI is InChI=1S/C12H10N4OS2/c13-7-6-10(17)14-11-15-16-12(19-11)18-8-9-4-2-1-3-5-9/h1-5H,6,8H2,(H,14,15,17). The van der Waals surface area contributed by atoms with Crippen LogP contribution in [0.5, 0.6) is 0 Å². The van der Waals surface area contributed by atoms with Gasteiger partial charge in [-0.2, -0.15) is 5.26 Å². The Morgan fingerprint density at radius 2 is 2.16 bits per heavy atom. The van der Waals surface area contributed by atoms with Gasteiger partial charge in [-0.15, -0.1) is 10.2 Å². The lowest BCUT2D eigenvalue weighted by Crippen LogP contribution is -2.09. The zero-order chi connectivity index (χ0) is 13.5. The predicted octanol–water partition coefficient (Wildman–Crippen LogP) is 2.68. The van der Waals surface area contributed by atoms with Crippen LogP contribution in [0.4, 0.5) is 5.13 Å². The van der Waals surface area contributed by atoms with Gasteiger partial charge in [0, 0.05) is 5.75 Å². The van der Waals surface area contributed by atoms with Crippen molar-refractivity contribution < 1.29 is 4.79 Å². The number of carbonyl (C=O) groups is 1. The summed E-state index contributed by atoms with van der Waals surface area (Å²) in [6, 6.07) is 11.8. The van der Waals surface area contributed by atoms with Crippen molar-refractivity contribution in [3.05, 3.63) is 35.9 Å². The van der Waals surface area contributed by atoms with Gasteiger partial charge in [-0.3, -0.25) is 10.1 Å². The fourth-order valence-corrected chi connectivity index (χ4v) is 3.00. The van der Waals surface area contributed by atoms with Gasteiger partial charge in [-0.25, -0.2) is 0 Å². The van der Waals surface area contributed by atoms with Crippen molar-refractivity contribution in [3.8, 4) is 6.07 Å². The van der Waals surface area contributed by atoms with E-state index in [1.807, 2.05) is 30.3 Å². The second kappa shape index (κ2) is 6.87. The summed E-state index contributed by atoms with van der Waals surface area (Å²) in [5.74, 6) is 0.444. The molecule has 0 atom stereocenters. The Balaban J connectivity index is 1.88. The molecule has 0 aliphatic heterocycles. The van der Waals surface area contributed by atoms with Gasteiger partial charge < -0.3 is 0 Å². The van der Waals surface area contributed by atoms with Crippen LogP contribution in [0.3, 0.4) is 0 Å². The number of aromatic nitrogens is 2. The molecule has 1 amide bonds. The highest BCUT2D eigenvalue weighted by Gasteiger charge is 2.08. The lowest BCUT2D eigenvalue weighted by atomic mass is 10.2. The van der Waals surface area contributed by atoms with Gasteiger partial charge in [0.1, 0.15) is 6.42 Å². The highest BCUT2D eigenvalue weighted by Crippen LogP contribution is 2.28. The number of hydrogen-bond acceptors (Lipinski definition) is 6. The number of nitriles is 1. The monoisotopic (exact) mass is 290 g/mol. The largest absolute Gasteiger partial charge is 0.300 e. The average Bonchev–Trinajstić information content (AvgIpc) is 2.85. The summed E-state index contributed by atoms with van der Waals surface area (Å²) in [5.41, 5.74) is 1.21. The van der Waals surface area contributed by atoms with E-state index in [9.17, 15) is 4.79 Å². The van der Waals surface area contributed by atoms with Crippen LogP contribution in [-0.2, 0) is 10.5 Å². The first kappa shape index (κ1) is 13.5. The number of rotatable bonds is 5. The third kappa shape index (κ3) is 4.35. The van der Waals surface area contributed by atoms with Gasteiger partial charge in [0.15, 0.2) is 4.34 Å². The molecule has 0 aliphatic rings. The Morgan fingerprint density at radius 1 is 1.37 bits per heavy atom. The normalized spacial score (nSPS) is 9.84. The number of anilines is 1. The minimum Gasteiger partial charge on any atom is -0.300 e. The van der Waals surface area contributed by atoms with Crippen LogP contribution in [0, 0.1) is 11.3 Å². The lowest BCUT2D eigenvalue weighted by molar-refractivity contribution is -0.115. The van der Waals surface area contributed by atoms with Crippen LogP contribution in [0.2, 0.25) is 0 Å². The van der Waals surface area contributed by atoms with Gasteiger partial charge in [0.25, 0.3) is 0 Å². The molecule has 0 unspecified atom stereocenters. The summed E-state index contributed by atoms with van der Waals surface area (Å²) >= 11 is 2.87. The van der Waals surface area contributed by atoms with E-state index in [-0.39, 0.29) is 12.3 Å². The van der Waals surface area contributed by atoms with E-state index in [1.54, 1.807) is 17.8 Å². The quantitative estimate of drug-likeness (QED) is 0.676. The molecule has 2 rings (SSSR count). The van der Waals surface area contributed by atoms with Crippen LogP contribution in [0.15, 0.2) is 34.7 Å². The van der Waals surface area contributed by atoms with E-state index < -0.39 is 0 Å². The molecule has 0 radical (unpaired) electrons. The summed E-state index contributed by atoms with van der Waals surface area (Å²) in [4.78, 5) is 11.2. The lowest BCUT2D eigenvalue weighted by Gasteiger charge is -1.97. The van der Waals surface area contributed by atoms with Crippen LogP contribution in [0.1, 0.15) is 12.0 Å². The molecule has 5 nitrogen and oxygen atoms in total. The Bertz CT molecular complexity index is 591. The number of hydrogen-bond donors (Lipinski definition) is 1. The maximum absolute atomic E-state index is 11.2. The SMILES string of the molecule is N#CCC(=O)Nc1nnc(SCc2ccccc2)s1. The van der Waals surface area contributed by atoms with Crippen molar-refractivity contribution in [3.63, 3.8) is 0 Å². The molecule has 0 saturated heterocycles. The number of nitrogens with zero attached hydrogens (tertiary/aromatic N) is 3. The number of amides is 1. The van der Waals surface area contributed by atoms with E-state index in [0.717, 1.165) is 10.1 Å².